The van der Waals surface area contributed by atoms with E-state index in [-0.39, 0.29) is 17.2 Å². The Morgan fingerprint density at radius 3 is 2.50 bits per heavy atom. The zero-order chi connectivity index (χ0) is 13.0. The fourth-order valence-corrected chi connectivity index (χ4v) is 1.49. The standard InChI is InChI=1S/C13H13N3O2/c1-2-9-3-5-10(6-4-9)14-13(18)11-7-8-12(17)16-15-11/h3-8H,2H2,1H3,(H,14,18)(H,16,17). The van der Waals surface area contributed by atoms with Gasteiger partial charge in [0.1, 0.15) is 5.69 Å². The van der Waals surface area contributed by atoms with Gasteiger partial charge in [-0.25, -0.2) is 5.10 Å². The summed E-state index contributed by atoms with van der Waals surface area (Å²) in [7, 11) is 0. The molecule has 2 N–H and O–H groups in total. The Labute approximate surface area is 104 Å². The number of anilines is 1. The van der Waals surface area contributed by atoms with Crippen LogP contribution in [-0.4, -0.2) is 16.1 Å². The van der Waals surface area contributed by atoms with Crippen molar-refractivity contribution in [1.82, 2.24) is 10.2 Å². The molecule has 0 radical (unpaired) electrons. The summed E-state index contributed by atoms with van der Waals surface area (Å²) in [5.74, 6) is -0.351. The first kappa shape index (κ1) is 12.0. The number of hydrogen-bond acceptors (Lipinski definition) is 3. The van der Waals surface area contributed by atoms with Crippen LogP contribution in [0.3, 0.4) is 0 Å². The smallest absolute Gasteiger partial charge is 0.276 e. The second-order valence-electron chi connectivity index (χ2n) is 3.81. The molecule has 5 heteroatoms. The molecule has 92 valence electrons. The highest BCUT2D eigenvalue weighted by molar-refractivity contribution is 6.02. The molecular formula is C13H13N3O2. The third kappa shape index (κ3) is 2.82. The molecule has 1 heterocycles. The number of aryl methyl sites for hydroxylation is 1. The lowest BCUT2D eigenvalue weighted by Gasteiger charge is -2.04. The molecule has 1 aromatic heterocycles. The molecule has 0 atom stereocenters. The Morgan fingerprint density at radius 2 is 1.94 bits per heavy atom. The minimum Gasteiger partial charge on any atom is -0.321 e. The molecule has 0 fully saturated rings. The molecule has 1 amide bonds. The van der Waals surface area contributed by atoms with Crippen molar-refractivity contribution in [1.29, 1.82) is 0 Å². The number of benzene rings is 1. The summed E-state index contributed by atoms with van der Waals surface area (Å²) in [6, 6.07) is 10.2. The number of rotatable bonds is 3. The minimum absolute atomic E-state index is 0.175. The number of amides is 1. The molecule has 1 aromatic carbocycles. The van der Waals surface area contributed by atoms with Crippen LogP contribution in [-0.2, 0) is 6.42 Å². The van der Waals surface area contributed by atoms with Crippen LogP contribution < -0.4 is 10.9 Å². The fraction of sp³-hybridized carbons (Fsp3) is 0.154. The van der Waals surface area contributed by atoms with Crippen LogP contribution in [0.2, 0.25) is 0 Å². The molecule has 0 unspecified atom stereocenters. The predicted octanol–water partition coefficient (Wildman–Crippen LogP) is 1.58. The maximum absolute atomic E-state index is 11.8. The van der Waals surface area contributed by atoms with Crippen molar-refractivity contribution in [2.45, 2.75) is 13.3 Å². The number of nitrogens with one attached hydrogen (secondary N) is 2. The number of aromatic amines is 1. The monoisotopic (exact) mass is 243 g/mol. The number of H-pyrrole nitrogens is 1. The summed E-state index contributed by atoms with van der Waals surface area (Å²) in [6.07, 6.45) is 0.954. The van der Waals surface area contributed by atoms with Gasteiger partial charge in [-0.1, -0.05) is 19.1 Å². The van der Waals surface area contributed by atoms with E-state index < -0.39 is 0 Å². The Morgan fingerprint density at radius 1 is 1.22 bits per heavy atom. The topological polar surface area (TPSA) is 74.8 Å². The Hall–Kier alpha value is -2.43. The van der Waals surface area contributed by atoms with Crippen LogP contribution in [0.5, 0.6) is 0 Å². The normalized spacial score (nSPS) is 10.1. The van der Waals surface area contributed by atoms with E-state index in [1.165, 1.54) is 17.7 Å². The van der Waals surface area contributed by atoms with Crippen LogP contribution >= 0.6 is 0 Å². The van der Waals surface area contributed by atoms with Gasteiger partial charge < -0.3 is 5.32 Å². The summed E-state index contributed by atoms with van der Waals surface area (Å²) in [5, 5.41) is 8.58. The highest BCUT2D eigenvalue weighted by atomic mass is 16.2. The summed E-state index contributed by atoms with van der Waals surface area (Å²) in [4.78, 5) is 22.6. The first-order valence-electron chi connectivity index (χ1n) is 5.65. The zero-order valence-corrected chi connectivity index (χ0v) is 9.93. The van der Waals surface area contributed by atoms with Gasteiger partial charge in [0, 0.05) is 11.8 Å². The molecule has 0 saturated carbocycles. The highest BCUT2D eigenvalue weighted by Crippen LogP contribution is 2.10. The van der Waals surface area contributed by atoms with Crippen LogP contribution in [0, 0.1) is 0 Å². The maximum atomic E-state index is 11.8. The van der Waals surface area contributed by atoms with Crippen molar-refractivity contribution in [3.05, 3.63) is 58.0 Å². The second kappa shape index (κ2) is 5.27. The van der Waals surface area contributed by atoms with Crippen LogP contribution in [0.25, 0.3) is 0 Å². The average Bonchev–Trinajstić information content (AvgIpc) is 2.40. The SMILES string of the molecule is CCc1ccc(NC(=O)c2ccc(=O)[nH]n2)cc1. The van der Waals surface area contributed by atoms with Crippen molar-refractivity contribution in [3.63, 3.8) is 0 Å². The molecule has 0 saturated heterocycles. The third-order valence-corrected chi connectivity index (χ3v) is 2.53. The summed E-state index contributed by atoms with van der Waals surface area (Å²) in [5.41, 5.74) is 1.74. The molecule has 0 aliphatic carbocycles. The van der Waals surface area contributed by atoms with Crippen molar-refractivity contribution < 1.29 is 4.79 Å². The summed E-state index contributed by atoms with van der Waals surface area (Å²) in [6.45, 7) is 2.07. The first-order chi connectivity index (χ1) is 8.69. The predicted molar refractivity (Wildman–Crippen MR) is 68.6 cm³/mol. The van der Waals surface area contributed by atoms with Gasteiger partial charge in [-0.3, -0.25) is 9.59 Å². The van der Waals surface area contributed by atoms with Gasteiger partial charge in [0.15, 0.2) is 0 Å². The summed E-state index contributed by atoms with van der Waals surface area (Å²) < 4.78 is 0. The molecule has 0 bridgehead atoms. The van der Waals surface area contributed by atoms with Crippen LogP contribution in [0.4, 0.5) is 5.69 Å². The van der Waals surface area contributed by atoms with Gasteiger partial charge in [0.2, 0.25) is 0 Å². The van der Waals surface area contributed by atoms with Crippen LogP contribution in [0.15, 0.2) is 41.2 Å². The molecule has 0 aliphatic rings. The summed E-state index contributed by atoms with van der Waals surface area (Å²) >= 11 is 0. The van der Waals surface area contributed by atoms with Gasteiger partial charge in [-0.15, -0.1) is 0 Å². The first-order valence-corrected chi connectivity index (χ1v) is 5.65. The van der Waals surface area contributed by atoms with E-state index in [0.717, 1.165) is 6.42 Å². The molecule has 2 rings (SSSR count). The van der Waals surface area contributed by atoms with E-state index in [9.17, 15) is 9.59 Å². The Kier molecular flexibility index (Phi) is 3.52. The highest BCUT2D eigenvalue weighted by Gasteiger charge is 2.07. The zero-order valence-electron chi connectivity index (χ0n) is 9.93. The lowest BCUT2D eigenvalue weighted by atomic mass is 10.1. The van der Waals surface area contributed by atoms with Gasteiger partial charge in [-0.05, 0) is 30.2 Å². The molecule has 5 nitrogen and oxygen atoms in total. The van der Waals surface area contributed by atoms with E-state index in [0.29, 0.717) is 5.69 Å². The quantitative estimate of drug-likeness (QED) is 0.859. The second-order valence-corrected chi connectivity index (χ2v) is 3.81. The Bertz CT molecular complexity index is 582. The lowest BCUT2D eigenvalue weighted by Crippen LogP contribution is -2.17. The number of aromatic nitrogens is 2. The number of nitrogens with zero attached hydrogens (tertiary/aromatic N) is 1. The molecule has 18 heavy (non-hydrogen) atoms. The van der Waals surface area contributed by atoms with E-state index in [2.05, 4.69) is 22.4 Å². The lowest BCUT2D eigenvalue weighted by molar-refractivity contribution is 0.102. The average molecular weight is 243 g/mol. The van der Waals surface area contributed by atoms with E-state index in [4.69, 9.17) is 0 Å². The minimum atomic E-state index is -0.351. The molecule has 2 aromatic rings. The van der Waals surface area contributed by atoms with Gasteiger partial charge in [0.25, 0.3) is 11.5 Å². The number of hydrogen-bond donors (Lipinski definition) is 2. The number of carbonyl (C=O) groups is 1. The van der Waals surface area contributed by atoms with Gasteiger partial charge in [-0.2, -0.15) is 5.10 Å². The molecule has 0 spiro atoms. The van der Waals surface area contributed by atoms with Crippen LogP contribution in [0.1, 0.15) is 23.0 Å². The van der Waals surface area contributed by atoms with Gasteiger partial charge in [0.05, 0.1) is 0 Å². The van der Waals surface area contributed by atoms with E-state index in [1.54, 1.807) is 0 Å². The van der Waals surface area contributed by atoms with Crippen molar-refractivity contribution >= 4 is 11.6 Å². The molecule has 0 aliphatic heterocycles. The number of carbonyl (C=O) groups excluding carboxylic acids is 1. The van der Waals surface area contributed by atoms with Crippen molar-refractivity contribution in [3.8, 4) is 0 Å². The fourth-order valence-electron chi connectivity index (χ4n) is 1.49. The Balaban J connectivity index is 2.10. The third-order valence-electron chi connectivity index (χ3n) is 2.53. The molecular weight excluding hydrogens is 230 g/mol. The van der Waals surface area contributed by atoms with E-state index >= 15 is 0 Å². The van der Waals surface area contributed by atoms with E-state index in [1.807, 2.05) is 24.3 Å². The van der Waals surface area contributed by atoms with Crippen molar-refractivity contribution in [2.75, 3.05) is 5.32 Å². The van der Waals surface area contributed by atoms with Crippen molar-refractivity contribution in [2.24, 2.45) is 0 Å². The maximum Gasteiger partial charge on any atom is 0.276 e. The largest absolute Gasteiger partial charge is 0.321 e. The van der Waals surface area contributed by atoms with Gasteiger partial charge >= 0.3 is 0 Å².